The molecule has 9 heteroatoms. The van der Waals surface area contributed by atoms with Gasteiger partial charge < -0.3 is 14.2 Å². The molecule has 8 nitrogen and oxygen atoms in total. The zero-order chi connectivity index (χ0) is 23.5. The topological polar surface area (TPSA) is 99.0 Å². The number of benzene rings is 2. The van der Waals surface area contributed by atoms with Crippen LogP contribution >= 0.6 is 11.8 Å². The molecule has 0 atom stereocenters. The van der Waals surface area contributed by atoms with Crippen molar-refractivity contribution in [1.82, 2.24) is 20.0 Å². The number of aromatic nitrogens is 4. The summed E-state index contributed by atoms with van der Waals surface area (Å²) in [4.78, 5) is 12.8. The summed E-state index contributed by atoms with van der Waals surface area (Å²) in [6.45, 7) is 3.86. The van der Waals surface area contributed by atoms with Crippen molar-refractivity contribution >= 4 is 23.5 Å². The van der Waals surface area contributed by atoms with E-state index in [0.717, 1.165) is 22.5 Å². The molecule has 0 aliphatic rings. The second-order valence-corrected chi connectivity index (χ2v) is 8.56. The summed E-state index contributed by atoms with van der Waals surface area (Å²) in [5.41, 5.74) is 4.49. The van der Waals surface area contributed by atoms with Gasteiger partial charge in [-0.2, -0.15) is 5.10 Å². The van der Waals surface area contributed by atoms with Gasteiger partial charge in [0.1, 0.15) is 11.6 Å². The zero-order valence-electron chi connectivity index (χ0n) is 18.6. The molecule has 0 saturated carbocycles. The van der Waals surface area contributed by atoms with E-state index in [2.05, 4.69) is 15.5 Å². The lowest BCUT2D eigenvalue weighted by molar-refractivity contribution is -0.113. The average molecular weight is 472 g/mol. The number of carbonyl (C=O) groups is 1. The molecule has 0 saturated heterocycles. The van der Waals surface area contributed by atoms with Crippen LogP contribution in [0.3, 0.4) is 0 Å². The number of hydrogen-bond acceptors (Lipinski definition) is 7. The van der Waals surface area contributed by atoms with E-state index in [-0.39, 0.29) is 11.7 Å². The van der Waals surface area contributed by atoms with Crippen LogP contribution in [-0.4, -0.2) is 31.6 Å². The maximum absolute atomic E-state index is 12.8. The van der Waals surface area contributed by atoms with Crippen molar-refractivity contribution < 1.29 is 13.6 Å². The van der Waals surface area contributed by atoms with Crippen molar-refractivity contribution in [3.63, 3.8) is 0 Å². The Morgan fingerprint density at radius 3 is 2.56 bits per heavy atom. The number of amides is 1. The number of carbonyl (C=O) groups excluding carboxylic acids is 1. The van der Waals surface area contributed by atoms with Gasteiger partial charge in [-0.25, -0.2) is 4.68 Å². The van der Waals surface area contributed by atoms with E-state index in [4.69, 9.17) is 13.9 Å². The standard InChI is InChI=1S/C25H21N5O3S/c1-16-8-10-18(11-9-16)21-14-22(30(29-21)19-6-4-3-5-7-19)26-23(31)15-34-25-28-27-24(33-25)20-12-13-32-17(20)2/h3-14H,15H2,1-2H3,(H,26,31). The number of thioether (sulfide) groups is 1. The van der Waals surface area contributed by atoms with Crippen molar-refractivity contribution in [1.29, 1.82) is 0 Å². The lowest BCUT2D eigenvalue weighted by Gasteiger charge is -2.08. The third-order valence-corrected chi connectivity index (χ3v) is 5.97. The van der Waals surface area contributed by atoms with Crippen molar-refractivity contribution in [2.45, 2.75) is 19.1 Å². The van der Waals surface area contributed by atoms with Gasteiger partial charge in [-0.15, -0.1) is 10.2 Å². The van der Waals surface area contributed by atoms with Crippen LogP contribution in [0, 0.1) is 13.8 Å². The van der Waals surface area contributed by atoms with Crippen LogP contribution in [0.2, 0.25) is 0 Å². The number of rotatable bonds is 7. The van der Waals surface area contributed by atoms with E-state index < -0.39 is 0 Å². The molecule has 5 aromatic rings. The first kappa shape index (κ1) is 21.7. The first-order chi connectivity index (χ1) is 16.6. The molecule has 2 aromatic carbocycles. The monoisotopic (exact) mass is 471 g/mol. The maximum atomic E-state index is 12.8. The number of furan rings is 1. The van der Waals surface area contributed by atoms with Gasteiger partial charge in [-0.05, 0) is 32.0 Å². The van der Waals surface area contributed by atoms with Crippen LogP contribution in [0.5, 0.6) is 0 Å². The van der Waals surface area contributed by atoms with Crippen LogP contribution < -0.4 is 5.32 Å². The molecule has 0 unspecified atom stereocenters. The summed E-state index contributed by atoms with van der Waals surface area (Å²) in [7, 11) is 0. The van der Waals surface area contributed by atoms with E-state index in [9.17, 15) is 4.79 Å². The highest BCUT2D eigenvalue weighted by atomic mass is 32.2. The van der Waals surface area contributed by atoms with Gasteiger partial charge in [0, 0.05) is 11.6 Å². The summed E-state index contributed by atoms with van der Waals surface area (Å²) in [5.74, 6) is 1.52. The Bertz CT molecular complexity index is 1420. The molecule has 0 fully saturated rings. The Balaban J connectivity index is 1.33. The summed E-state index contributed by atoms with van der Waals surface area (Å²) in [6, 6.07) is 21.4. The predicted octanol–water partition coefficient (Wildman–Crippen LogP) is 5.53. The average Bonchev–Trinajstić information content (AvgIpc) is 3.59. The Kier molecular flexibility index (Phi) is 6.01. The lowest BCUT2D eigenvalue weighted by Crippen LogP contribution is -2.16. The van der Waals surface area contributed by atoms with Crippen LogP contribution in [0.1, 0.15) is 11.3 Å². The van der Waals surface area contributed by atoms with Crippen LogP contribution in [0.15, 0.2) is 87.1 Å². The molecular formula is C25H21N5O3S. The fraction of sp³-hybridized carbons (Fsp3) is 0.120. The number of nitrogens with one attached hydrogen (secondary N) is 1. The molecular weight excluding hydrogens is 450 g/mol. The lowest BCUT2D eigenvalue weighted by atomic mass is 10.1. The highest BCUT2D eigenvalue weighted by Crippen LogP contribution is 2.28. The van der Waals surface area contributed by atoms with Crippen molar-refractivity contribution in [3.8, 4) is 28.4 Å². The minimum Gasteiger partial charge on any atom is -0.469 e. The van der Waals surface area contributed by atoms with E-state index in [0.29, 0.717) is 22.7 Å². The van der Waals surface area contributed by atoms with Crippen molar-refractivity contribution in [3.05, 3.63) is 84.3 Å². The molecule has 34 heavy (non-hydrogen) atoms. The van der Waals surface area contributed by atoms with Crippen LogP contribution in [0.4, 0.5) is 5.82 Å². The Morgan fingerprint density at radius 2 is 1.82 bits per heavy atom. The molecule has 0 radical (unpaired) electrons. The Morgan fingerprint density at radius 1 is 1.03 bits per heavy atom. The third-order valence-electron chi connectivity index (χ3n) is 5.15. The molecule has 1 N–H and O–H groups in total. The van der Waals surface area contributed by atoms with Crippen molar-refractivity contribution in [2.24, 2.45) is 0 Å². The number of para-hydroxylation sites is 1. The van der Waals surface area contributed by atoms with Crippen molar-refractivity contribution in [2.75, 3.05) is 11.1 Å². The summed E-state index contributed by atoms with van der Waals surface area (Å²) >= 11 is 1.17. The van der Waals surface area contributed by atoms with Crippen LogP contribution in [-0.2, 0) is 4.79 Å². The van der Waals surface area contributed by atoms with Gasteiger partial charge in [0.05, 0.1) is 29.0 Å². The van der Waals surface area contributed by atoms with Gasteiger partial charge in [-0.1, -0.05) is 59.8 Å². The molecule has 0 spiro atoms. The minimum absolute atomic E-state index is 0.103. The van der Waals surface area contributed by atoms with E-state index in [1.807, 2.05) is 74.5 Å². The molecule has 3 aromatic heterocycles. The van der Waals surface area contributed by atoms with E-state index in [1.165, 1.54) is 17.3 Å². The third kappa shape index (κ3) is 4.65. The second-order valence-electron chi connectivity index (χ2n) is 7.63. The molecule has 1 amide bonds. The summed E-state index contributed by atoms with van der Waals surface area (Å²) in [6.07, 6.45) is 1.57. The van der Waals surface area contributed by atoms with E-state index >= 15 is 0 Å². The highest BCUT2D eigenvalue weighted by molar-refractivity contribution is 7.99. The predicted molar refractivity (Wildman–Crippen MR) is 130 cm³/mol. The normalized spacial score (nSPS) is 11.0. The maximum Gasteiger partial charge on any atom is 0.277 e. The zero-order valence-corrected chi connectivity index (χ0v) is 19.4. The first-order valence-electron chi connectivity index (χ1n) is 10.6. The van der Waals surface area contributed by atoms with Gasteiger partial charge in [-0.3, -0.25) is 4.79 Å². The number of nitrogens with zero attached hydrogens (tertiary/aromatic N) is 4. The molecule has 5 rings (SSSR count). The van der Waals surface area contributed by atoms with Crippen LogP contribution in [0.25, 0.3) is 28.4 Å². The molecule has 0 aliphatic heterocycles. The fourth-order valence-electron chi connectivity index (χ4n) is 3.39. The molecule has 0 bridgehead atoms. The number of aryl methyl sites for hydroxylation is 2. The smallest absolute Gasteiger partial charge is 0.277 e. The summed E-state index contributed by atoms with van der Waals surface area (Å²) in [5, 5.41) is 16.1. The number of hydrogen-bond donors (Lipinski definition) is 1. The van der Waals surface area contributed by atoms with Gasteiger partial charge in [0.2, 0.25) is 5.91 Å². The van der Waals surface area contributed by atoms with Gasteiger partial charge in [0.25, 0.3) is 11.1 Å². The molecule has 3 heterocycles. The largest absolute Gasteiger partial charge is 0.469 e. The quantitative estimate of drug-likeness (QED) is 0.312. The first-order valence-corrected chi connectivity index (χ1v) is 11.6. The van der Waals surface area contributed by atoms with Gasteiger partial charge in [0.15, 0.2) is 0 Å². The SMILES string of the molecule is Cc1ccc(-c2cc(NC(=O)CSc3nnc(-c4ccoc4C)o3)n(-c3ccccc3)n2)cc1. The Hall–Kier alpha value is -4.11. The minimum atomic E-state index is -0.211. The Labute approximate surface area is 200 Å². The van der Waals surface area contributed by atoms with Gasteiger partial charge >= 0.3 is 0 Å². The molecule has 0 aliphatic carbocycles. The molecule has 170 valence electrons. The van der Waals surface area contributed by atoms with E-state index in [1.54, 1.807) is 17.0 Å². The fourth-order valence-corrected chi connectivity index (χ4v) is 3.95. The number of anilines is 1. The second kappa shape index (κ2) is 9.40. The highest BCUT2D eigenvalue weighted by Gasteiger charge is 2.17. The summed E-state index contributed by atoms with van der Waals surface area (Å²) < 4.78 is 12.7.